The number of nitrogens with zero attached hydrogens (tertiary/aromatic N) is 4. The molecule has 20 heavy (non-hydrogen) atoms. The van der Waals surface area contributed by atoms with Gasteiger partial charge in [0, 0.05) is 31.0 Å². The van der Waals surface area contributed by atoms with Crippen molar-refractivity contribution in [1.29, 1.82) is 0 Å². The van der Waals surface area contributed by atoms with E-state index in [1.807, 2.05) is 10.9 Å². The summed E-state index contributed by atoms with van der Waals surface area (Å²) in [5.41, 5.74) is 3.45. The second kappa shape index (κ2) is 5.69. The van der Waals surface area contributed by atoms with Gasteiger partial charge in [0.25, 0.3) is 0 Å². The molecule has 1 aliphatic carbocycles. The van der Waals surface area contributed by atoms with Crippen LogP contribution in [-0.4, -0.2) is 19.6 Å². The Hall–Kier alpha value is -1.78. The molecule has 0 amide bonds. The maximum absolute atomic E-state index is 4.49. The molecule has 1 N–H and O–H groups in total. The topological polar surface area (TPSA) is 47.7 Å². The largest absolute Gasteiger partial charge is 0.378 e. The Balaban J connectivity index is 1.61. The van der Waals surface area contributed by atoms with Crippen LogP contribution in [0.15, 0.2) is 18.6 Å². The number of nitrogens with one attached hydrogen (secondary N) is 1. The van der Waals surface area contributed by atoms with Gasteiger partial charge in [-0.1, -0.05) is 12.8 Å². The first-order valence-corrected chi connectivity index (χ1v) is 7.57. The lowest BCUT2D eigenvalue weighted by Gasteiger charge is -2.08. The summed E-state index contributed by atoms with van der Waals surface area (Å²) in [5.74, 6) is 0. The summed E-state index contributed by atoms with van der Waals surface area (Å²) in [4.78, 5) is 0. The third-order valence-electron chi connectivity index (χ3n) is 4.16. The minimum atomic E-state index is 0.607. The molecule has 2 heterocycles. The molecule has 0 aliphatic heterocycles. The first-order valence-electron chi connectivity index (χ1n) is 7.57. The smallest absolute Gasteiger partial charge is 0.0729 e. The van der Waals surface area contributed by atoms with E-state index in [0.717, 1.165) is 24.5 Å². The summed E-state index contributed by atoms with van der Waals surface area (Å²) in [7, 11) is 0. The molecule has 0 atom stereocenters. The molecule has 0 bridgehead atoms. The van der Waals surface area contributed by atoms with Crippen LogP contribution in [0.4, 0.5) is 5.69 Å². The average Bonchev–Trinajstić information content (AvgIpc) is 3.17. The zero-order chi connectivity index (χ0) is 13.9. The summed E-state index contributed by atoms with van der Waals surface area (Å²) < 4.78 is 4.10. The van der Waals surface area contributed by atoms with Crippen LogP contribution in [0.2, 0.25) is 0 Å². The molecule has 1 fully saturated rings. The molecular formula is C15H23N5. The van der Waals surface area contributed by atoms with Gasteiger partial charge in [0.15, 0.2) is 0 Å². The highest BCUT2D eigenvalue weighted by Gasteiger charge is 2.17. The Labute approximate surface area is 120 Å². The normalized spacial score (nSPS) is 15.9. The maximum Gasteiger partial charge on any atom is 0.0729 e. The van der Waals surface area contributed by atoms with Crippen LogP contribution in [0, 0.1) is 6.92 Å². The van der Waals surface area contributed by atoms with Crippen LogP contribution in [0.3, 0.4) is 0 Å². The lowest BCUT2D eigenvalue weighted by atomic mass is 10.2. The molecule has 0 spiro atoms. The van der Waals surface area contributed by atoms with E-state index in [0.29, 0.717) is 6.04 Å². The third-order valence-corrected chi connectivity index (χ3v) is 4.16. The summed E-state index contributed by atoms with van der Waals surface area (Å²) >= 11 is 0. The van der Waals surface area contributed by atoms with Gasteiger partial charge in [0.1, 0.15) is 0 Å². The molecule has 1 saturated carbocycles. The van der Waals surface area contributed by atoms with Crippen molar-refractivity contribution in [3.05, 3.63) is 29.8 Å². The van der Waals surface area contributed by atoms with E-state index in [1.165, 1.54) is 31.2 Å². The van der Waals surface area contributed by atoms with Crippen molar-refractivity contribution in [3.63, 3.8) is 0 Å². The molecule has 5 nitrogen and oxygen atoms in total. The number of hydrogen-bond donors (Lipinski definition) is 1. The number of aromatic nitrogens is 4. The molecule has 2 aromatic rings. The number of aryl methyl sites for hydroxylation is 2. The van der Waals surface area contributed by atoms with Gasteiger partial charge in [0.05, 0.1) is 23.6 Å². The fraction of sp³-hybridized carbons (Fsp3) is 0.600. The van der Waals surface area contributed by atoms with Crippen LogP contribution in [0.5, 0.6) is 0 Å². The van der Waals surface area contributed by atoms with Crippen LogP contribution in [-0.2, 0) is 13.1 Å². The van der Waals surface area contributed by atoms with Gasteiger partial charge in [-0.15, -0.1) is 0 Å². The van der Waals surface area contributed by atoms with E-state index in [1.54, 1.807) is 0 Å². The Bertz CT molecular complexity index is 563. The van der Waals surface area contributed by atoms with Crippen LogP contribution < -0.4 is 5.32 Å². The summed E-state index contributed by atoms with van der Waals surface area (Å²) in [5, 5.41) is 12.4. The Kier molecular flexibility index (Phi) is 3.76. The second-order valence-electron chi connectivity index (χ2n) is 5.60. The van der Waals surface area contributed by atoms with Gasteiger partial charge in [-0.2, -0.15) is 10.2 Å². The third kappa shape index (κ3) is 2.71. The van der Waals surface area contributed by atoms with Crippen molar-refractivity contribution in [3.8, 4) is 0 Å². The van der Waals surface area contributed by atoms with Gasteiger partial charge in [-0.05, 0) is 26.7 Å². The summed E-state index contributed by atoms with van der Waals surface area (Å²) in [6.07, 6.45) is 11.4. The average molecular weight is 273 g/mol. The molecule has 0 unspecified atom stereocenters. The lowest BCUT2D eigenvalue weighted by Crippen LogP contribution is -2.04. The minimum Gasteiger partial charge on any atom is -0.378 e. The summed E-state index contributed by atoms with van der Waals surface area (Å²) in [6, 6.07) is 0.607. The molecule has 2 aromatic heterocycles. The number of hydrogen-bond acceptors (Lipinski definition) is 3. The molecule has 3 rings (SSSR count). The minimum absolute atomic E-state index is 0.607. The molecule has 5 heteroatoms. The van der Waals surface area contributed by atoms with Crippen molar-refractivity contribution < 1.29 is 0 Å². The van der Waals surface area contributed by atoms with Gasteiger partial charge < -0.3 is 5.32 Å². The quantitative estimate of drug-likeness (QED) is 0.910. The number of rotatable bonds is 5. The van der Waals surface area contributed by atoms with Crippen molar-refractivity contribution in [1.82, 2.24) is 19.6 Å². The van der Waals surface area contributed by atoms with Crippen LogP contribution in [0.1, 0.15) is 49.9 Å². The molecule has 0 radical (unpaired) electrons. The van der Waals surface area contributed by atoms with Crippen molar-refractivity contribution >= 4 is 5.69 Å². The Morgan fingerprint density at radius 2 is 2.10 bits per heavy atom. The van der Waals surface area contributed by atoms with Gasteiger partial charge >= 0.3 is 0 Å². The predicted molar refractivity (Wildman–Crippen MR) is 79.7 cm³/mol. The molecule has 0 saturated heterocycles. The Morgan fingerprint density at radius 3 is 2.80 bits per heavy atom. The van der Waals surface area contributed by atoms with E-state index in [4.69, 9.17) is 0 Å². The first-order chi connectivity index (χ1) is 9.76. The highest BCUT2D eigenvalue weighted by Crippen LogP contribution is 2.29. The second-order valence-corrected chi connectivity index (χ2v) is 5.60. The van der Waals surface area contributed by atoms with E-state index in [-0.39, 0.29) is 0 Å². The monoisotopic (exact) mass is 273 g/mol. The standard InChI is InChI=1S/C15H23N5/c1-3-19-10-13(12(2)18-19)8-16-14-9-17-20(11-14)15-6-4-5-7-15/h9-11,15-16H,3-8H2,1-2H3. The van der Waals surface area contributed by atoms with Gasteiger partial charge in [-0.25, -0.2) is 0 Å². The fourth-order valence-electron chi connectivity index (χ4n) is 2.89. The number of anilines is 1. The van der Waals surface area contributed by atoms with Gasteiger partial charge in [-0.3, -0.25) is 9.36 Å². The van der Waals surface area contributed by atoms with Gasteiger partial charge in [0.2, 0.25) is 0 Å². The maximum atomic E-state index is 4.49. The van der Waals surface area contributed by atoms with Crippen molar-refractivity contribution in [2.45, 2.75) is 58.7 Å². The molecular weight excluding hydrogens is 250 g/mol. The highest BCUT2D eigenvalue weighted by molar-refractivity contribution is 5.39. The van der Waals surface area contributed by atoms with E-state index >= 15 is 0 Å². The lowest BCUT2D eigenvalue weighted by molar-refractivity contribution is 0.467. The van der Waals surface area contributed by atoms with E-state index < -0.39 is 0 Å². The van der Waals surface area contributed by atoms with Crippen molar-refractivity contribution in [2.24, 2.45) is 0 Å². The van der Waals surface area contributed by atoms with E-state index in [9.17, 15) is 0 Å². The zero-order valence-corrected chi connectivity index (χ0v) is 12.3. The highest BCUT2D eigenvalue weighted by atomic mass is 15.3. The van der Waals surface area contributed by atoms with Crippen molar-refractivity contribution in [2.75, 3.05) is 5.32 Å². The first kappa shape index (κ1) is 13.2. The van der Waals surface area contributed by atoms with Crippen LogP contribution in [0.25, 0.3) is 0 Å². The zero-order valence-electron chi connectivity index (χ0n) is 12.3. The SMILES string of the molecule is CCn1cc(CNc2cnn(C3CCCC3)c2)c(C)n1. The fourth-order valence-corrected chi connectivity index (χ4v) is 2.89. The Morgan fingerprint density at radius 1 is 1.30 bits per heavy atom. The van der Waals surface area contributed by atoms with E-state index in [2.05, 4.69) is 46.4 Å². The molecule has 0 aromatic carbocycles. The summed E-state index contributed by atoms with van der Waals surface area (Å²) in [6.45, 7) is 5.89. The molecule has 1 aliphatic rings. The molecule has 108 valence electrons. The van der Waals surface area contributed by atoms with Crippen LogP contribution >= 0.6 is 0 Å². The predicted octanol–water partition coefficient (Wildman–Crippen LogP) is 3.14.